The maximum absolute atomic E-state index is 13.3. The van der Waals surface area contributed by atoms with Gasteiger partial charge in [0.2, 0.25) is 5.91 Å². The first-order chi connectivity index (χ1) is 14.3. The van der Waals surface area contributed by atoms with Crippen LogP contribution in [0.25, 0.3) is 16.6 Å². The lowest BCUT2D eigenvalue weighted by molar-refractivity contribution is -0.117. The predicted octanol–water partition coefficient (Wildman–Crippen LogP) is 2.90. The number of hydrogen-bond acceptors (Lipinski definition) is 6. The smallest absolute Gasteiger partial charge is 0.321 e. The number of nitrogens with zero attached hydrogens (tertiary/aromatic N) is 2. The number of carbonyl (C=O) groups excluding carboxylic acids is 2. The zero-order valence-electron chi connectivity index (χ0n) is 16.5. The Balaban J connectivity index is 2.15. The summed E-state index contributed by atoms with van der Waals surface area (Å²) in [5, 5.41) is 5.70. The van der Waals surface area contributed by atoms with Gasteiger partial charge in [0.1, 0.15) is 5.75 Å². The fourth-order valence-corrected chi connectivity index (χ4v) is 3.72. The molecule has 0 atom stereocenters. The lowest BCUT2D eigenvalue weighted by atomic mass is 10.2. The Morgan fingerprint density at radius 3 is 2.70 bits per heavy atom. The highest BCUT2D eigenvalue weighted by Gasteiger charge is 2.19. The number of amides is 3. The van der Waals surface area contributed by atoms with E-state index >= 15 is 0 Å². The van der Waals surface area contributed by atoms with Gasteiger partial charge in [0.25, 0.3) is 5.56 Å². The van der Waals surface area contributed by atoms with Crippen LogP contribution >= 0.6 is 23.4 Å². The number of fused-ring (bicyclic) bond motifs is 1. The first kappa shape index (κ1) is 21.7. The maximum Gasteiger partial charge on any atom is 0.321 e. The Bertz CT molecular complexity index is 1200. The molecule has 3 aromatic rings. The SMILES string of the molecule is CNC(=O)NC(=O)CSc1nc2ccccc2c(=O)n1-c1cc(C)c(Cl)cc1OC. The fraction of sp³-hybridized carbons (Fsp3) is 0.200. The molecule has 0 aliphatic rings. The molecule has 2 aromatic carbocycles. The number of aryl methyl sites for hydroxylation is 1. The van der Waals surface area contributed by atoms with Crippen LogP contribution in [0.5, 0.6) is 5.75 Å². The van der Waals surface area contributed by atoms with Gasteiger partial charge in [0, 0.05) is 18.1 Å². The van der Waals surface area contributed by atoms with Crippen LogP contribution in [0.3, 0.4) is 0 Å². The van der Waals surface area contributed by atoms with Gasteiger partial charge in [-0.1, -0.05) is 35.5 Å². The monoisotopic (exact) mass is 446 g/mol. The third-order valence-electron chi connectivity index (χ3n) is 4.26. The average molecular weight is 447 g/mol. The molecule has 0 fully saturated rings. The molecule has 1 aromatic heterocycles. The lowest BCUT2D eigenvalue weighted by Gasteiger charge is -2.17. The van der Waals surface area contributed by atoms with Gasteiger partial charge >= 0.3 is 6.03 Å². The first-order valence-electron chi connectivity index (χ1n) is 8.86. The van der Waals surface area contributed by atoms with Crippen molar-refractivity contribution in [1.29, 1.82) is 0 Å². The first-order valence-corrected chi connectivity index (χ1v) is 10.2. The Morgan fingerprint density at radius 2 is 2.00 bits per heavy atom. The number of halogens is 1. The van der Waals surface area contributed by atoms with E-state index in [1.54, 1.807) is 36.4 Å². The van der Waals surface area contributed by atoms with E-state index in [1.165, 1.54) is 18.7 Å². The molecular weight excluding hydrogens is 428 g/mol. The number of ether oxygens (including phenoxy) is 1. The molecule has 3 rings (SSSR count). The van der Waals surface area contributed by atoms with Crippen LogP contribution in [0.1, 0.15) is 5.56 Å². The molecular formula is C20H19ClN4O4S. The zero-order valence-corrected chi connectivity index (χ0v) is 18.1. The molecule has 30 heavy (non-hydrogen) atoms. The van der Waals surface area contributed by atoms with Crippen LogP contribution in [0.15, 0.2) is 46.3 Å². The highest BCUT2D eigenvalue weighted by atomic mass is 35.5. The number of rotatable bonds is 5. The van der Waals surface area contributed by atoms with Gasteiger partial charge in [0.15, 0.2) is 5.16 Å². The minimum atomic E-state index is -0.612. The molecule has 0 radical (unpaired) electrons. The molecule has 0 spiro atoms. The molecule has 8 nitrogen and oxygen atoms in total. The van der Waals surface area contributed by atoms with Crippen molar-refractivity contribution in [2.24, 2.45) is 0 Å². The number of thioether (sulfide) groups is 1. The summed E-state index contributed by atoms with van der Waals surface area (Å²) in [5.74, 6) is -0.249. The van der Waals surface area contributed by atoms with Crippen molar-refractivity contribution < 1.29 is 14.3 Å². The average Bonchev–Trinajstić information content (AvgIpc) is 2.74. The number of imide groups is 1. The number of aromatic nitrogens is 2. The van der Waals surface area contributed by atoms with E-state index < -0.39 is 11.9 Å². The summed E-state index contributed by atoms with van der Waals surface area (Å²) in [5.41, 5.74) is 1.39. The molecule has 0 unspecified atom stereocenters. The van der Waals surface area contributed by atoms with E-state index in [9.17, 15) is 14.4 Å². The lowest BCUT2D eigenvalue weighted by Crippen LogP contribution is -2.38. The summed E-state index contributed by atoms with van der Waals surface area (Å²) in [7, 11) is 2.89. The molecule has 0 aliphatic heterocycles. The number of hydrogen-bond donors (Lipinski definition) is 2. The number of para-hydroxylation sites is 1. The van der Waals surface area contributed by atoms with Crippen LogP contribution in [-0.4, -0.2) is 41.4 Å². The van der Waals surface area contributed by atoms with E-state index in [1.807, 2.05) is 6.92 Å². The van der Waals surface area contributed by atoms with E-state index in [0.29, 0.717) is 27.4 Å². The number of carbonyl (C=O) groups is 2. The normalized spacial score (nSPS) is 10.7. The molecule has 10 heteroatoms. The van der Waals surface area contributed by atoms with Crippen molar-refractivity contribution in [3.8, 4) is 11.4 Å². The van der Waals surface area contributed by atoms with Crippen molar-refractivity contribution in [2.45, 2.75) is 12.1 Å². The number of benzene rings is 2. The fourth-order valence-electron chi connectivity index (χ4n) is 2.76. The summed E-state index contributed by atoms with van der Waals surface area (Å²) >= 11 is 7.24. The van der Waals surface area contributed by atoms with Crippen molar-refractivity contribution in [1.82, 2.24) is 20.2 Å². The second kappa shape index (κ2) is 9.19. The quantitative estimate of drug-likeness (QED) is 0.461. The third kappa shape index (κ3) is 4.42. The number of nitrogens with one attached hydrogen (secondary N) is 2. The van der Waals surface area contributed by atoms with Gasteiger partial charge in [0.05, 0.1) is 29.5 Å². The Labute approximate surface area is 181 Å². The summed E-state index contributed by atoms with van der Waals surface area (Å²) < 4.78 is 6.83. The molecule has 0 saturated heterocycles. The molecule has 3 amide bonds. The minimum absolute atomic E-state index is 0.118. The highest BCUT2D eigenvalue weighted by Crippen LogP contribution is 2.31. The van der Waals surface area contributed by atoms with Gasteiger partial charge in [-0.15, -0.1) is 0 Å². The van der Waals surface area contributed by atoms with Gasteiger partial charge in [-0.2, -0.15) is 0 Å². The molecule has 156 valence electrons. The van der Waals surface area contributed by atoms with E-state index in [2.05, 4.69) is 15.6 Å². The summed E-state index contributed by atoms with van der Waals surface area (Å²) in [6, 6.07) is 9.68. The predicted molar refractivity (Wildman–Crippen MR) is 117 cm³/mol. The number of methoxy groups -OCH3 is 1. The van der Waals surface area contributed by atoms with Crippen LogP contribution < -0.4 is 20.9 Å². The van der Waals surface area contributed by atoms with E-state index in [4.69, 9.17) is 16.3 Å². The molecule has 0 saturated carbocycles. The van der Waals surface area contributed by atoms with Crippen LogP contribution in [-0.2, 0) is 4.79 Å². The van der Waals surface area contributed by atoms with Crippen LogP contribution in [0, 0.1) is 6.92 Å². The summed E-state index contributed by atoms with van der Waals surface area (Å²) in [6.45, 7) is 1.81. The van der Waals surface area contributed by atoms with E-state index in [-0.39, 0.29) is 16.5 Å². The highest BCUT2D eigenvalue weighted by molar-refractivity contribution is 7.99. The Kier molecular flexibility index (Phi) is 6.63. The molecule has 0 bridgehead atoms. The number of urea groups is 1. The minimum Gasteiger partial charge on any atom is -0.495 e. The van der Waals surface area contributed by atoms with Gasteiger partial charge in [-0.3, -0.25) is 19.5 Å². The third-order valence-corrected chi connectivity index (χ3v) is 5.60. The van der Waals surface area contributed by atoms with Crippen molar-refractivity contribution in [2.75, 3.05) is 19.9 Å². The van der Waals surface area contributed by atoms with E-state index in [0.717, 1.165) is 17.3 Å². The van der Waals surface area contributed by atoms with Crippen molar-refractivity contribution >= 4 is 46.2 Å². The van der Waals surface area contributed by atoms with Gasteiger partial charge in [-0.25, -0.2) is 9.78 Å². The Morgan fingerprint density at radius 1 is 1.27 bits per heavy atom. The molecule has 1 heterocycles. The second-order valence-electron chi connectivity index (χ2n) is 6.24. The standard InChI is InChI=1S/C20H19ClN4O4S/c1-11-8-15(16(29-3)9-13(11)21)25-18(27)12-6-4-5-7-14(12)23-20(25)30-10-17(26)24-19(28)22-2/h4-9H,10H2,1-3H3,(H2,22,24,26,28). The zero-order chi connectivity index (χ0) is 21.8. The largest absolute Gasteiger partial charge is 0.495 e. The summed E-state index contributed by atoms with van der Waals surface area (Å²) in [4.78, 5) is 41.3. The van der Waals surface area contributed by atoms with Crippen LogP contribution in [0.4, 0.5) is 4.79 Å². The molecule has 2 N–H and O–H groups in total. The maximum atomic E-state index is 13.3. The van der Waals surface area contributed by atoms with Crippen LogP contribution in [0.2, 0.25) is 5.02 Å². The van der Waals surface area contributed by atoms with Gasteiger partial charge in [-0.05, 0) is 30.7 Å². The van der Waals surface area contributed by atoms with Gasteiger partial charge < -0.3 is 10.1 Å². The van der Waals surface area contributed by atoms with Crippen molar-refractivity contribution in [3.63, 3.8) is 0 Å². The Hall–Kier alpha value is -3.04. The second-order valence-corrected chi connectivity index (χ2v) is 7.59. The molecule has 0 aliphatic carbocycles. The topological polar surface area (TPSA) is 102 Å². The van der Waals surface area contributed by atoms with Crippen molar-refractivity contribution in [3.05, 3.63) is 57.3 Å². The summed E-state index contributed by atoms with van der Waals surface area (Å²) in [6.07, 6.45) is 0.